The third-order valence-corrected chi connectivity index (χ3v) is 5.68. The van der Waals surface area contributed by atoms with Crippen LogP contribution in [-0.2, 0) is 22.5 Å². The van der Waals surface area contributed by atoms with E-state index in [0.29, 0.717) is 12.8 Å². The molecule has 3 aromatic rings. The first-order valence-electron chi connectivity index (χ1n) is 10.5. The molecule has 158 valence electrons. The predicted molar refractivity (Wildman–Crippen MR) is 117 cm³/mol. The number of fused-ring (bicyclic) bond motifs is 1. The SMILES string of the molecule is Cc1cc2nc(C)c(CCC(=O)Nc3ccccc3CN3CCOCC3)c(C)n2n1. The van der Waals surface area contributed by atoms with Gasteiger partial charge in [-0.15, -0.1) is 0 Å². The number of aryl methyl sites for hydroxylation is 3. The molecule has 4 rings (SSSR count). The number of carbonyl (C=O) groups excluding carboxylic acids is 1. The monoisotopic (exact) mass is 407 g/mol. The number of ether oxygens (including phenoxy) is 1. The van der Waals surface area contributed by atoms with E-state index in [0.717, 1.165) is 72.4 Å². The molecule has 0 bridgehead atoms. The highest BCUT2D eigenvalue weighted by Gasteiger charge is 2.15. The van der Waals surface area contributed by atoms with Crippen molar-refractivity contribution in [1.82, 2.24) is 19.5 Å². The Morgan fingerprint density at radius 1 is 1.17 bits per heavy atom. The van der Waals surface area contributed by atoms with E-state index in [2.05, 4.69) is 26.4 Å². The summed E-state index contributed by atoms with van der Waals surface area (Å²) in [6.07, 6.45) is 1.04. The molecule has 30 heavy (non-hydrogen) atoms. The molecule has 1 aliphatic heterocycles. The highest BCUT2D eigenvalue weighted by atomic mass is 16.5. The quantitative estimate of drug-likeness (QED) is 0.680. The standard InChI is InChI=1S/C23H29N5O2/c1-16-14-22-24-17(2)20(18(3)28(22)26-16)8-9-23(29)25-21-7-5-4-6-19(21)15-27-10-12-30-13-11-27/h4-7,14H,8-13,15H2,1-3H3,(H,25,29). The van der Waals surface area contributed by atoms with Crippen molar-refractivity contribution in [2.24, 2.45) is 0 Å². The maximum absolute atomic E-state index is 12.7. The van der Waals surface area contributed by atoms with Crippen molar-refractivity contribution in [3.8, 4) is 0 Å². The van der Waals surface area contributed by atoms with Gasteiger partial charge in [0.25, 0.3) is 0 Å². The lowest BCUT2D eigenvalue weighted by Gasteiger charge is -2.27. The molecule has 1 amide bonds. The molecular weight excluding hydrogens is 378 g/mol. The van der Waals surface area contributed by atoms with Gasteiger partial charge in [0.05, 0.1) is 18.9 Å². The largest absolute Gasteiger partial charge is 0.379 e. The van der Waals surface area contributed by atoms with Crippen LogP contribution in [0.2, 0.25) is 0 Å². The number of para-hydroxylation sites is 1. The Bertz CT molecular complexity index is 1050. The highest BCUT2D eigenvalue weighted by molar-refractivity contribution is 5.91. The number of hydrogen-bond donors (Lipinski definition) is 1. The van der Waals surface area contributed by atoms with Crippen molar-refractivity contribution in [1.29, 1.82) is 0 Å². The molecule has 0 atom stereocenters. The Hall–Kier alpha value is -2.77. The number of benzene rings is 1. The third kappa shape index (κ3) is 4.52. The zero-order valence-electron chi connectivity index (χ0n) is 17.9. The fourth-order valence-electron chi connectivity index (χ4n) is 4.03. The molecule has 7 nitrogen and oxygen atoms in total. The molecule has 0 spiro atoms. The molecule has 1 N–H and O–H groups in total. The number of aromatic nitrogens is 3. The van der Waals surface area contributed by atoms with E-state index in [1.807, 2.05) is 49.6 Å². The average Bonchev–Trinajstić information content (AvgIpc) is 3.10. The number of nitrogens with one attached hydrogen (secondary N) is 1. The first kappa shape index (κ1) is 20.5. The van der Waals surface area contributed by atoms with Gasteiger partial charge in [-0.05, 0) is 44.4 Å². The van der Waals surface area contributed by atoms with Crippen LogP contribution in [0.1, 0.15) is 34.6 Å². The lowest BCUT2D eigenvalue weighted by molar-refractivity contribution is -0.116. The minimum absolute atomic E-state index is 0.0139. The number of hydrogen-bond acceptors (Lipinski definition) is 5. The van der Waals surface area contributed by atoms with E-state index in [4.69, 9.17) is 4.74 Å². The van der Waals surface area contributed by atoms with Crippen LogP contribution in [0.4, 0.5) is 5.69 Å². The molecule has 1 aromatic carbocycles. The van der Waals surface area contributed by atoms with E-state index in [1.165, 1.54) is 0 Å². The predicted octanol–water partition coefficient (Wildman–Crippen LogP) is 3.06. The Labute approximate surface area is 177 Å². The summed E-state index contributed by atoms with van der Waals surface area (Å²) in [4.78, 5) is 19.7. The summed E-state index contributed by atoms with van der Waals surface area (Å²) in [5.41, 5.74) is 6.91. The van der Waals surface area contributed by atoms with Gasteiger partial charge >= 0.3 is 0 Å². The third-order valence-electron chi connectivity index (χ3n) is 5.68. The smallest absolute Gasteiger partial charge is 0.224 e. The number of nitrogens with zero attached hydrogens (tertiary/aromatic N) is 4. The van der Waals surface area contributed by atoms with Gasteiger partial charge in [0.2, 0.25) is 5.91 Å². The number of anilines is 1. The molecule has 1 fully saturated rings. The second-order valence-corrected chi connectivity index (χ2v) is 7.91. The molecular formula is C23H29N5O2. The molecule has 2 aromatic heterocycles. The van der Waals surface area contributed by atoms with Crippen molar-refractivity contribution >= 4 is 17.2 Å². The van der Waals surface area contributed by atoms with Crippen LogP contribution >= 0.6 is 0 Å². The van der Waals surface area contributed by atoms with E-state index < -0.39 is 0 Å². The van der Waals surface area contributed by atoms with Crippen molar-refractivity contribution in [2.75, 3.05) is 31.6 Å². The van der Waals surface area contributed by atoms with E-state index in [9.17, 15) is 4.79 Å². The average molecular weight is 408 g/mol. The van der Waals surface area contributed by atoms with Crippen LogP contribution < -0.4 is 5.32 Å². The van der Waals surface area contributed by atoms with Crippen LogP contribution in [0.5, 0.6) is 0 Å². The minimum atomic E-state index is 0.0139. The summed E-state index contributed by atoms with van der Waals surface area (Å²) < 4.78 is 7.30. The topological polar surface area (TPSA) is 71.8 Å². The van der Waals surface area contributed by atoms with Gasteiger partial charge in [0.1, 0.15) is 0 Å². The van der Waals surface area contributed by atoms with Gasteiger partial charge in [-0.1, -0.05) is 18.2 Å². The second-order valence-electron chi connectivity index (χ2n) is 7.91. The normalized spacial score (nSPS) is 14.9. The zero-order chi connectivity index (χ0) is 21.1. The Balaban J connectivity index is 1.43. The molecule has 1 saturated heterocycles. The van der Waals surface area contributed by atoms with Gasteiger partial charge < -0.3 is 10.1 Å². The molecule has 0 radical (unpaired) electrons. The van der Waals surface area contributed by atoms with Crippen LogP contribution in [0.3, 0.4) is 0 Å². The molecule has 0 saturated carbocycles. The zero-order valence-corrected chi connectivity index (χ0v) is 17.9. The first-order valence-corrected chi connectivity index (χ1v) is 10.5. The lowest BCUT2D eigenvalue weighted by atomic mass is 10.1. The summed E-state index contributed by atoms with van der Waals surface area (Å²) in [6.45, 7) is 10.2. The maximum atomic E-state index is 12.7. The second kappa shape index (κ2) is 8.93. The van der Waals surface area contributed by atoms with Crippen molar-refractivity contribution in [3.63, 3.8) is 0 Å². The Morgan fingerprint density at radius 2 is 1.93 bits per heavy atom. The van der Waals surface area contributed by atoms with Gasteiger partial charge in [-0.3, -0.25) is 9.69 Å². The maximum Gasteiger partial charge on any atom is 0.224 e. The minimum Gasteiger partial charge on any atom is -0.379 e. The molecule has 0 aliphatic carbocycles. The summed E-state index contributed by atoms with van der Waals surface area (Å²) >= 11 is 0. The number of carbonyl (C=O) groups is 1. The fraction of sp³-hybridized carbons (Fsp3) is 0.435. The van der Waals surface area contributed by atoms with Crippen LogP contribution in [-0.4, -0.2) is 51.7 Å². The molecule has 1 aliphatic rings. The number of rotatable bonds is 6. The van der Waals surface area contributed by atoms with E-state index in [1.54, 1.807) is 0 Å². The Kier molecular flexibility index (Phi) is 6.11. The lowest BCUT2D eigenvalue weighted by Crippen LogP contribution is -2.35. The van der Waals surface area contributed by atoms with E-state index >= 15 is 0 Å². The number of morpholine rings is 1. The van der Waals surface area contributed by atoms with Crippen LogP contribution in [0.25, 0.3) is 5.65 Å². The Morgan fingerprint density at radius 3 is 2.73 bits per heavy atom. The molecule has 0 unspecified atom stereocenters. The fourth-order valence-corrected chi connectivity index (χ4v) is 4.03. The van der Waals surface area contributed by atoms with Gasteiger partial charge in [0, 0.05) is 49.2 Å². The van der Waals surface area contributed by atoms with Crippen LogP contribution in [0.15, 0.2) is 30.3 Å². The molecule has 3 heterocycles. The van der Waals surface area contributed by atoms with E-state index in [-0.39, 0.29) is 5.91 Å². The van der Waals surface area contributed by atoms with Crippen molar-refractivity contribution in [3.05, 3.63) is 58.5 Å². The first-order chi connectivity index (χ1) is 14.5. The van der Waals surface area contributed by atoms with Gasteiger partial charge in [-0.25, -0.2) is 9.50 Å². The van der Waals surface area contributed by atoms with Gasteiger partial charge in [-0.2, -0.15) is 5.10 Å². The summed E-state index contributed by atoms with van der Waals surface area (Å²) in [5, 5.41) is 7.63. The summed E-state index contributed by atoms with van der Waals surface area (Å²) in [7, 11) is 0. The van der Waals surface area contributed by atoms with Gasteiger partial charge in [0.15, 0.2) is 5.65 Å². The number of amides is 1. The highest BCUT2D eigenvalue weighted by Crippen LogP contribution is 2.20. The van der Waals surface area contributed by atoms with Crippen LogP contribution in [0, 0.1) is 20.8 Å². The van der Waals surface area contributed by atoms with Crippen molar-refractivity contribution < 1.29 is 9.53 Å². The summed E-state index contributed by atoms with van der Waals surface area (Å²) in [6, 6.07) is 10.0. The summed E-state index contributed by atoms with van der Waals surface area (Å²) in [5.74, 6) is 0.0139. The molecule has 7 heteroatoms. The van der Waals surface area contributed by atoms with Crippen molar-refractivity contribution in [2.45, 2.75) is 40.2 Å².